The fourth-order valence-electron chi connectivity index (χ4n) is 2.84. The number of aryl methyl sites for hydroxylation is 2. The van der Waals surface area contributed by atoms with E-state index < -0.39 is 0 Å². The van der Waals surface area contributed by atoms with E-state index in [0.717, 1.165) is 19.5 Å². The smallest absolute Gasteiger partial charge is 0.0855 e. The summed E-state index contributed by atoms with van der Waals surface area (Å²) < 4.78 is 1.94. The summed E-state index contributed by atoms with van der Waals surface area (Å²) in [6.07, 6.45) is 5.73. The molecule has 1 aromatic rings. The quantitative estimate of drug-likeness (QED) is 0.886. The van der Waals surface area contributed by atoms with Crippen LogP contribution in [0.2, 0.25) is 0 Å². The van der Waals surface area contributed by atoms with E-state index in [-0.39, 0.29) is 0 Å². The van der Waals surface area contributed by atoms with E-state index in [1.54, 1.807) is 0 Å². The molecule has 2 heterocycles. The summed E-state index contributed by atoms with van der Waals surface area (Å²) in [5, 5.41) is 8.20. The van der Waals surface area contributed by atoms with E-state index in [4.69, 9.17) is 0 Å². The molecule has 1 aliphatic heterocycles. The van der Waals surface area contributed by atoms with Crippen LogP contribution >= 0.6 is 0 Å². The molecular weight excluding hydrogens is 224 g/mol. The molecule has 18 heavy (non-hydrogen) atoms. The van der Waals surface area contributed by atoms with Crippen molar-refractivity contribution in [2.75, 3.05) is 18.0 Å². The first kappa shape index (κ1) is 13.4. The van der Waals surface area contributed by atoms with Crippen molar-refractivity contribution in [1.82, 2.24) is 15.1 Å². The summed E-state index contributed by atoms with van der Waals surface area (Å²) in [5.41, 5.74) is 2.55. The van der Waals surface area contributed by atoms with Gasteiger partial charge in [-0.2, -0.15) is 5.10 Å². The summed E-state index contributed by atoms with van der Waals surface area (Å²) in [5.74, 6) is 0. The highest BCUT2D eigenvalue weighted by atomic mass is 15.3. The van der Waals surface area contributed by atoms with Crippen LogP contribution in [0.5, 0.6) is 0 Å². The third-order valence-corrected chi connectivity index (χ3v) is 3.55. The van der Waals surface area contributed by atoms with Gasteiger partial charge in [-0.15, -0.1) is 0 Å². The highest BCUT2D eigenvalue weighted by molar-refractivity contribution is 5.50. The standard InChI is InChI=1S/C14H26N4/c1-5-13-14(10-17(4)16-13)18-8-6-7-12(9-18)15-11(2)3/h10-12,15H,5-9H2,1-4H3. The Bertz CT molecular complexity index is 383. The number of nitrogens with one attached hydrogen (secondary N) is 1. The van der Waals surface area contributed by atoms with E-state index in [9.17, 15) is 0 Å². The molecule has 1 aromatic heterocycles. The zero-order chi connectivity index (χ0) is 13.1. The van der Waals surface area contributed by atoms with Gasteiger partial charge in [-0.3, -0.25) is 4.68 Å². The topological polar surface area (TPSA) is 33.1 Å². The van der Waals surface area contributed by atoms with Gasteiger partial charge in [-0.25, -0.2) is 0 Å². The van der Waals surface area contributed by atoms with Gasteiger partial charge in [-0.1, -0.05) is 20.8 Å². The Morgan fingerprint density at radius 3 is 2.94 bits per heavy atom. The molecule has 0 aromatic carbocycles. The fraction of sp³-hybridized carbons (Fsp3) is 0.786. The van der Waals surface area contributed by atoms with Crippen LogP contribution in [0.15, 0.2) is 6.20 Å². The molecule has 0 radical (unpaired) electrons. The van der Waals surface area contributed by atoms with Gasteiger partial charge in [0, 0.05) is 38.4 Å². The number of anilines is 1. The van der Waals surface area contributed by atoms with Gasteiger partial charge < -0.3 is 10.2 Å². The zero-order valence-electron chi connectivity index (χ0n) is 12.1. The van der Waals surface area contributed by atoms with Crippen LogP contribution in [0.3, 0.4) is 0 Å². The lowest BCUT2D eigenvalue weighted by molar-refractivity contribution is 0.394. The number of piperidine rings is 1. The zero-order valence-corrected chi connectivity index (χ0v) is 12.1. The first-order chi connectivity index (χ1) is 8.60. The fourth-order valence-corrected chi connectivity index (χ4v) is 2.84. The minimum Gasteiger partial charge on any atom is -0.367 e. The molecule has 102 valence electrons. The molecule has 0 bridgehead atoms. The van der Waals surface area contributed by atoms with Gasteiger partial charge in [0.25, 0.3) is 0 Å². The van der Waals surface area contributed by atoms with Gasteiger partial charge in [0.05, 0.1) is 11.4 Å². The molecule has 1 fully saturated rings. The van der Waals surface area contributed by atoms with Gasteiger partial charge >= 0.3 is 0 Å². The average molecular weight is 250 g/mol. The van der Waals surface area contributed by atoms with Crippen molar-refractivity contribution in [2.24, 2.45) is 7.05 Å². The monoisotopic (exact) mass is 250 g/mol. The molecular formula is C14H26N4. The van der Waals surface area contributed by atoms with Crippen molar-refractivity contribution >= 4 is 5.69 Å². The minimum atomic E-state index is 0.564. The van der Waals surface area contributed by atoms with Crippen LogP contribution in [0.4, 0.5) is 5.69 Å². The van der Waals surface area contributed by atoms with E-state index in [0.29, 0.717) is 12.1 Å². The largest absolute Gasteiger partial charge is 0.367 e. The van der Waals surface area contributed by atoms with Crippen molar-refractivity contribution in [3.05, 3.63) is 11.9 Å². The maximum absolute atomic E-state index is 4.54. The second-order valence-corrected chi connectivity index (χ2v) is 5.59. The number of aromatic nitrogens is 2. The summed E-state index contributed by atoms with van der Waals surface area (Å²) in [7, 11) is 2.01. The highest BCUT2D eigenvalue weighted by Gasteiger charge is 2.23. The van der Waals surface area contributed by atoms with Crippen LogP contribution in [0.1, 0.15) is 39.3 Å². The normalized spacial score (nSPS) is 20.7. The van der Waals surface area contributed by atoms with Crippen LogP contribution in [0.25, 0.3) is 0 Å². The van der Waals surface area contributed by atoms with E-state index in [1.165, 1.54) is 24.2 Å². The van der Waals surface area contributed by atoms with Gasteiger partial charge in [0.15, 0.2) is 0 Å². The Morgan fingerprint density at radius 1 is 1.50 bits per heavy atom. The second-order valence-electron chi connectivity index (χ2n) is 5.59. The number of hydrogen-bond donors (Lipinski definition) is 1. The maximum atomic E-state index is 4.54. The molecule has 1 N–H and O–H groups in total. The molecule has 1 saturated heterocycles. The third kappa shape index (κ3) is 3.05. The van der Waals surface area contributed by atoms with E-state index in [1.807, 2.05) is 11.7 Å². The van der Waals surface area contributed by atoms with Crippen LogP contribution < -0.4 is 10.2 Å². The maximum Gasteiger partial charge on any atom is 0.0855 e. The van der Waals surface area contributed by atoms with E-state index >= 15 is 0 Å². The highest BCUT2D eigenvalue weighted by Crippen LogP contribution is 2.23. The molecule has 2 rings (SSSR count). The minimum absolute atomic E-state index is 0.564. The van der Waals surface area contributed by atoms with Crippen LogP contribution in [-0.2, 0) is 13.5 Å². The second kappa shape index (κ2) is 5.74. The molecule has 1 unspecified atom stereocenters. The Morgan fingerprint density at radius 2 is 2.28 bits per heavy atom. The predicted molar refractivity (Wildman–Crippen MR) is 76.1 cm³/mol. The van der Waals surface area contributed by atoms with Gasteiger partial charge in [0.1, 0.15) is 0 Å². The molecule has 1 atom stereocenters. The number of nitrogens with zero attached hydrogens (tertiary/aromatic N) is 3. The average Bonchev–Trinajstić information content (AvgIpc) is 2.70. The first-order valence-corrected chi connectivity index (χ1v) is 7.13. The molecule has 4 heteroatoms. The van der Waals surface area contributed by atoms with Crippen molar-refractivity contribution in [2.45, 2.75) is 52.1 Å². The molecule has 4 nitrogen and oxygen atoms in total. The lowest BCUT2D eigenvalue weighted by Gasteiger charge is -2.35. The molecule has 0 amide bonds. The number of rotatable bonds is 4. The third-order valence-electron chi connectivity index (χ3n) is 3.55. The molecule has 0 aliphatic carbocycles. The summed E-state index contributed by atoms with van der Waals surface area (Å²) >= 11 is 0. The first-order valence-electron chi connectivity index (χ1n) is 7.13. The van der Waals surface area contributed by atoms with E-state index in [2.05, 4.69) is 42.3 Å². The summed E-state index contributed by atoms with van der Waals surface area (Å²) in [6, 6.07) is 1.18. The Hall–Kier alpha value is -1.03. The lowest BCUT2D eigenvalue weighted by atomic mass is 10.0. The predicted octanol–water partition coefficient (Wildman–Crippen LogP) is 1.95. The Labute approximate surface area is 110 Å². The van der Waals surface area contributed by atoms with Crippen LogP contribution in [-0.4, -0.2) is 35.0 Å². The van der Waals surface area contributed by atoms with Gasteiger partial charge in [-0.05, 0) is 19.3 Å². The molecule has 0 spiro atoms. The lowest BCUT2D eigenvalue weighted by Crippen LogP contribution is -2.48. The van der Waals surface area contributed by atoms with Gasteiger partial charge in [0.2, 0.25) is 0 Å². The summed E-state index contributed by atoms with van der Waals surface area (Å²) in [6.45, 7) is 8.90. The van der Waals surface area contributed by atoms with Crippen molar-refractivity contribution in [3.63, 3.8) is 0 Å². The Kier molecular flexibility index (Phi) is 4.27. The van der Waals surface area contributed by atoms with Crippen molar-refractivity contribution in [3.8, 4) is 0 Å². The number of hydrogen-bond acceptors (Lipinski definition) is 3. The Balaban J connectivity index is 2.07. The van der Waals surface area contributed by atoms with Crippen molar-refractivity contribution in [1.29, 1.82) is 0 Å². The molecule has 0 saturated carbocycles. The summed E-state index contributed by atoms with van der Waals surface area (Å²) in [4.78, 5) is 2.50. The van der Waals surface area contributed by atoms with Crippen molar-refractivity contribution < 1.29 is 0 Å². The van der Waals surface area contributed by atoms with Crippen LogP contribution in [0, 0.1) is 0 Å². The SMILES string of the molecule is CCc1nn(C)cc1N1CCCC(NC(C)C)C1. The molecule has 1 aliphatic rings.